The number of para-hydroxylation sites is 1. The van der Waals surface area contributed by atoms with Gasteiger partial charge < -0.3 is 14.9 Å². The fourth-order valence-corrected chi connectivity index (χ4v) is 4.96. The third kappa shape index (κ3) is 2.99. The Labute approximate surface area is 176 Å². The second kappa shape index (κ2) is 6.88. The van der Waals surface area contributed by atoms with Gasteiger partial charge in [0.1, 0.15) is 5.75 Å². The summed E-state index contributed by atoms with van der Waals surface area (Å²) in [5.41, 5.74) is 5.13. The molecule has 1 aromatic heterocycles. The van der Waals surface area contributed by atoms with E-state index in [4.69, 9.17) is 4.52 Å². The SMILES string of the molecule is Cc1noc2c1C(c1cccc(Br)c1)C1=C(CC(c3ccccc3O)CC1=O)N2. The zero-order valence-corrected chi connectivity index (χ0v) is 17.4. The summed E-state index contributed by atoms with van der Waals surface area (Å²) in [6, 6.07) is 15.3. The molecule has 2 unspecified atom stereocenters. The third-order valence-electron chi connectivity index (χ3n) is 5.82. The lowest BCUT2D eigenvalue weighted by atomic mass is 9.72. The lowest BCUT2D eigenvalue weighted by Crippen LogP contribution is -2.29. The zero-order valence-electron chi connectivity index (χ0n) is 15.8. The second-order valence-corrected chi connectivity index (χ2v) is 8.52. The van der Waals surface area contributed by atoms with Crippen molar-refractivity contribution in [2.75, 3.05) is 5.32 Å². The molecule has 1 aliphatic carbocycles. The lowest BCUT2D eigenvalue weighted by molar-refractivity contribution is -0.116. The fourth-order valence-electron chi connectivity index (χ4n) is 4.54. The number of Topliss-reactive ketones (excluding diaryl/α,β-unsaturated/α-hetero) is 1. The van der Waals surface area contributed by atoms with Crippen molar-refractivity contribution < 1.29 is 14.4 Å². The molecule has 0 spiro atoms. The number of hydrogen-bond donors (Lipinski definition) is 2. The number of nitrogens with zero attached hydrogens (tertiary/aromatic N) is 1. The van der Waals surface area contributed by atoms with Crippen molar-refractivity contribution in [2.45, 2.75) is 31.6 Å². The van der Waals surface area contributed by atoms with E-state index in [2.05, 4.69) is 26.4 Å². The number of hydrogen-bond acceptors (Lipinski definition) is 5. The number of ketones is 1. The summed E-state index contributed by atoms with van der Waals surface area (Å²) in [6.07, 6.45) is 0.991. The molecule has 2 heterocycles. The molecule has 0 saturated heterocycles. The Balaban J connectivity index is 1.64. The van der Waals surface area contributed by atoms with Gasteiger partial charge in [0.2, 0.25) is 5.88 Å². The number of phenolic OH excluding ortho intramolecular Hbond substituents is 1. The van der Waals surface area contributed by atoms with E-state index in [0.717, 1.165) is 38.1 Å². The highest BCUT2D eigenvalue weighted by Gasteiger charge is 2.41. The first-order chi connectivity index (χ1) is 14.0. The van der Waals surface area contributed by atoms with Crippen LogP contribution in [0.25, 0.3) is 0 Å². The van der Waals surface area contributed by atoms with Crippen molar-refractivity contribution in [1.82, 2.24) is 5.16 Å². The number of rotatable bonds is 2. The minimum absolute atomic E-state index is 0.0799. The predicted molar refractivity (Wildman–Crippen MR) is 113 cm³/mol. The Hall–Kier alpha value is -2.86. The number of halogens is 1. The minimum atomic E-state index is -0.220. The van der Waals surface area contributed by atoms with Gasteiger partial charge in [-0.2, -0.15) is 0 Å². The average Bonchev–Trinajstić information content (AvgIpc) is 3.07. The molecule has 146 valence electrons. The van der Waals surface area contributed by atoms with Gasteiger partial charge in [-0.05, 0) is 42.7 Å². The summed E-state index contributed by atoms with van der Waals surface area (Å²) >= 11 is 3.55. The van der Waals surface area contributed by atoms with Crippen molar-refractivity contribution in [3.05, 3.63) is 86.7 Å². The molecule has 0 saturated carbocycles. The van der Waals surface area contributed by atoms with Gasteiger partial charge >= 0.3 is 0 Å². The molecule has 0 radical (unpaired) electrons. The van der Waals surface area contributed by atoms with Crippen LogP contribution < -0.4 is 5.32 Å². The molecule has 2 aliphatic rings. The topological polar surface area (TPSA) is 75.4 Å². The van der Waals surface area contributed by atoms with Crippen LogP contribution in [0.15, 0.2) is 68.8 Å². The molecular formula is C23H19BrN2O3. The highest BCUT2D eigenvalue weighted by Crippen LogP contribution is 2.49. The Morgan fingerprint density at radius 1 is 1.17 bits per heavy atom. The van der Waals surface area contributed by atoms with Gasteiger partial charge in [0.15, 0.2) is 5.78 Å². The monoisotopic (exact) mass is 450 g/mol. The molecule has 0 bridgehead atoms. The molecule has 2 atom stereocenters. The molecule has 1 aliphatic heterocycles. The molecule has 5 rings (SSSR count). The molecule has 3 aromatic rings. The number of carbonyl (C=O) groups excluding carboxylic acids is 1. The highest BCUT2D eigenvalue weighted by molar-refractivity contribution is 9.10. The van der Waals surface area contributed by atoms with Crippen molar-refractivity contribution in [2.24, 2.45) is 0 Å². The third-order valence-corrected chi connectivity index (χ3v) is 6.31. The Morgan fingerprint density at radius 2 is 2.00 bits per heavy atom. The van der Waals surface area contributed by atoms with Crippen LogP contribution >= 0.6 is 15.9 Å². The summed E-state index contributed by atoms with van der Waals surface area (Å²) in [7, 11) is 0. The molecule has 0 amide bonds. The molecule has 2 aromatic carbocycles. The van der Waals surface area contributed by atoms with Crippen molar-refractivity contribution >= 4 is 27.6 Å². The van der Waals surface area contributed by atoms with Crippen molar-refractivity contribution in [3.8, 4) is 5.75 Å². The van der Waals surface area contributed by atoms with Gasteiger partial charge in [-0.25, -0.2) is 0 Å². The van der Waals surface area contributed by atoms with E-state index in [-0.39, 0.29) is 23.4 Å². The van der Waals surface area contributed by atoms with Crippen LogP contribution in [0, 0.1) is 6.92 Å². The number of benzene rings is 2. The smallest absolute Gasteiger partial charge is 0.233 e. The van der Waals surface area contributed by atoms with E-state index >= 15 is 0 Å². The molecule has 6 heteroatoms. The zero-order chi connectivity index (χ0) is 20.1. The van der Waals surface area contributed by atoms with Crippen molar-refractivity contribution in [1.29, 1.82) is 0 Å². The van der Waals surface area contributed by atoms with E-state index < -0.39 is 0 Å². The quantitative estimate of drug-likeness (QED) is 0.545. The normalized spacial score (nSPS) is 20.8. The Kier molecular flexibility index (Phi) is 4.32. The van der Waals surface area contributed by atoms with E-state index in [1.165, 1.54) is 0 Å². The Bertz CT molecular complexity index is 1160. The first-order valence-corrected chi connectivity index (χ1v) is 10.3. The van der Waals surface area contributed by atoms with E-state index in [1.54, 1.807) is 12.1 Å². The summed E-state index contributed by atoms with van der Waals surface area (Å²) < 4.78 is 6.51. The summed E-state index contributed by atoms with van der Waals surface area (Å²) in [5, 5.41) is 17.7. The van der Waals surface area contributed by atoms with Crippen LogP contribution in [-0.2, 0) is 4.79 Å². The molecular weight excluding hydrogens is 432 g/mol. The van der Waals surface area contributed by atoms with Gasteiger partial charge in [0, 0.05) is 34.0 Å². The number of nitrogens with one attached hydrogen (secondary N) is 1. The van der Waals surface area contributed by atoms with Crippen molar-refractivity contribution in [3.63, 3.8) is 0 Å². The number of aromatic hydroxyl groups is 1. The van der Waals surface area contributed by atoms with E-state index in [0.29, 0.717) is 18.7 Å². The number of phenols is 1. The minimum Gasteiger partial charge on any atom is -0.508 e. The van der Waals surface area contributed by atoms with Gasteiger partial charge in [0.25, 0.3) is 0 Å². The first kappa shape index (κ1) is 18.2. The van der Waals surface area contributed by atoms with Crippen LogP contribution in [0.5, 0.6) is 5.75 Å². The molecule has 29 heavy (non-hydrogen) atoms. The Morgan fingerprint density at radius 3 is 2.79 bits per heavy atom. The average molecular weight is 451 g/mol. The number of fused-ring (bicyclic) bond motifs is 1. The maximum Gasteiger partial charge on any atom is 0.233 e. The predicted octanol–water partition coefficient (Wildman–Crippen LogP) is 5.41. The van der Waals surface area contributed by atoms with Crippen LogP contribution in [-0.4, -0.2) is 16.0 Å². The molecule has 2 N–H and O–H groups in total. The van der Waals surface area contributed by atoms with E-state index in [9.17, 15) is 9.90 Å². The maximum absolute atomic E-state index is 13.4. The van der Waals surface area contributed by atoms with Crippen LogP contribution in [0.4, 0.5) is 5.88 Å². The van der Waals surface area contributed by atoms with Gasteiger partial charge in [-0.1, -0.05) is 51.4 Å². The number of carbonyl (C=O) groups is 1. The maximum atomic E-state index is 13.4. The van der Waals surface area contributed by atoms with Crippen LogP contribution in [0.3, 0.4) is 0 Å². The van der Waals surface area contributed by atoms with Gasteiger partial charge in [0.05, 0.1) is 11.3 Å². The number of aryl methyl sites for hydroxylation is 1. The summed E-state index contributed by atoms with van der Waals surface area (Å²) in [6.45, 7) is 1.90. The first-order valence-electron chi connectivity index (χ1n) is 9.55. The number of allylic oxidation sites excluding steroid dienone is 2. The fraction of sp³-hybridized carbons (Fsp3) is 0.217. The number of anilines is 1. The molecule has 5 nitrogen and oxygen atoms in total. The number of aromatic nitrogens is 1. The van der Waals surface area contributed by atoms with Gasteiger partial charge in [-0.15, -0.1) is 0 Å². The highest BCUT2D eigenvalue weighted by atomic mass is 79.9. The standard InChI is InChI=1S/C23H19BrN2O3/c1-12-20-21(13-5-4-6-15(24)9-13)22-17(25-23(20)29-26-12)10-14(11-19(22)28)16-7-2-3-8-18(16)27/h2-9,14,21,25,27H,10-11H2,1H3. The van der Waals surface area contributed by atoms with Gasteiger partial charge in [-0.3, -0.25) is 4.79 Å². The van der Waals surface area contributed by atoms with Crippen LogP contribution in [0.2, 0.25) is 0 Å². The largest absolute Gasteiger partial charge is 0.508 e. The lowest BCUT2D eigenvalue weighted by Gasteiger charge is -2.34. The second-order valence-electron chi connectivity index (χ2n) is 7.60. The van der Waals surface area contributed by atoms with Crippen LogP contribution in [0.1, 0.15) is 47.1 Å². The summed E-state index contributed by atoms with van der Waals surface area (Å²) in [5.74, 6) is 0.608. The van der Waals surface area contributed by atoms with E-state index in [1.807, 2.05) is 43.3 Å². The molecule has 0 fully saturated rings. The summed E-state index contributed by atoms with van der Waals surface area (Å²) in [4.78, 5) is 13.4.